The molecule has 0 bridgehead atoms. The summed E-state index contributed by atoms with van der Waals surface area (Å²) < 4.78 is 14.2. The van der Waals surface area contributed by atoms with Gasteiger partial charge in [0.2, 0.25) is 0 Å². The van der Waals surface area contributed by atoms with Crippen LogP contribution < -0.4 is 0 Å². The first-order chi connectivity index (χ1) is 12.6. The number of nitrogens with zero attached hydrogens (tertiary/aromatic N) is 3. The van der Waals surface area contributed by atoms with Gasteiger partial charge in [-0.15, -0.1) is 22.0 Å². The minimum absolute atomic E-state index is 0.171. The number of aromatic nitrogens is 4. The number of aliphatic hydroxyl groups excluding tert-OH is 1. The molecule has 8 heteroatoms. The van der Waals surface area contributed by atoms with E-state index < -0.39 is 6.10 Å². The molecular formula is C18H14ClFN4OS. The Morgan fingerprint density at radius 1 is 1.27 bits per heavy atom. The number of H-pyrrole nitrogens is 1. The Morgan fingerprint density at radius 3 is 2.77 bits per heavy atom. The van der Waals surface area contributed by atoms with Crippen molar-refractivity contribution in [1.29, 1.82) is 0 Å². The third-order valence-electron chi connectivity index (χ3n) is 4.26. The molecule has 132 valence electrons. The summed E-state index contributed by atoms with van der Waals surface area (Å²) in [5, 5.41) is 19.3. The number of hydrogen-bond donors (Lipinski definition) is 2. The van der Waals surface area contributed by atoms with Crippen molar-refractivity contribution < 1.29 is 9.50 Å². The van der Waals surface area contributed by atoms with Crippen LogP contribution in [-0.4, -0.2) is 25.3 Å². The average Bonchev–Trinajstić information content (AvgIpc) is 3.32. The van der Waals surface area contributed by atoms with Gasteiger partial charge >= 0.3 is 0 Å². The van der Waals surface area contributed by atoms with Gasteiger partial charge in [0, 0.05) is 22.0 Å². The molecule has 0 radical (unpaired) electrons. The van der Waals surface area contributed by atoms with Gasteiger partial charge in [-0.1, -0.05) is 23.7 Å². The molecule has 1 aromatic carbocycles. The molecule has 3 aromatic rings. The fourth-order valence-corrected chi connectivity index (χ4v) is 4.53. The largest absolute Gasteiger partial charge is 0.384 e. The zero-order valence-electron chi connectivity index (χ0n) is 13.4. The van der Waals surface area contributed by atoms with Gasteiger partial charge in [0.1, 0.15) is 18.2 Å². The Balaban J connectivity index is 1.72. The van der Waals surface area contributed by atoms with E-state index in [2.05, 4.69) is 20.2 Å². The van der Waals surface area contributed by atoms with Crippen LogP contribution in [0.4, 0.5) is 4.39 Å². The Bertz CT molecular complexity index is 946. The molecule has 4 rings (SSSR count). The molecule has 5 nitrogen and oxygen atoms in total. The van der Waals surface area contributed by atoms with E-state index in [0.717, 1.165) is 16.0 Å². The van der Waals surface area contributed by atoms with Crippen LogP contribution in [0.3, 0.4) is 0 Å². The average molecular weight is 389 g/mol. The molecule has 1 aliphatic rings. The molecule has 0 aliphatic carbocycles. The molecule has 2 N–H and O–H groups in total. The zero-order valence-corrected chi connectivity index (χ0v) is 15.0. The fourth-order valence-electron chi connectivity index (χ4n) is 2.98. The van der Waals surface area contributed by atoms with Gasteiger partial charge in [0.15, 0.2) is 5.82 Å². The van der Waals surface area contributed by atoms with Crippen molar-refractivity contribution in [2.24, 2.45) is 0 Å². The molecule has 0 spiro atoms. The first-order valence-corrected chi connectivity index (χ1v) is 9.18. The van der Waals surface area contributed by atoms with E-state index in [1.165, 1.54) is 24.3 Å². The highest BCUT2D eigenvalue weighted by atomic mass is 35.5. The van der Waals surface area contributed by atoms with Crippen LogP contribution in [-0.2, 0) is 0 Å². The third kappa shape index (κ3) is 3.25. The Kier molecular flexibility index (Phi) is 4.76. The lowest BCUT2D eigenvalue weighted by atomic mass is 9.95. The van der Waals surface area contributed by atoms with Crippen LogP contribution in [0, 0.1) is 5.82 Å². The number of pyridine rings is 1. The van der Waals surface area contributed by atoms with Crippen LogP contribution >= 0.6 is 23.4 Å². The molecule has 2 unspecified atom stereocenters. The van der Waals surface area contributed by atoms with Gasteiger partial charge in [-0.3, -0.25) is 4.98 Å². The summed E-state index contributed by atoms with van der Waals surface area (Å²) in [7, 11) is 0. The number of aromatic amines is 1. The van der Waals surface area contributed by atoms with Gasteiger partial charge in [-0.05, 0) is 35.8 Å². The van der Waals surface area contributed by atoms with Crippen LogP contribution in [0.15, 0.2) is 54.6 Å². The third-order valence-corrected chi connectivity index (χ3v) is 5.90. The van der Waals surface area contributed by atoms with Crippen molar-refractivity contribution in [2.45, 2.75) is 17.8 Å². The van der Waals surface area contributed by atoms with E-state index in [1.54, 1.807) is 36.5 Å². The number of halogens is 2. The molecule has 0 amide bonds. The minimum atomic E-state index is -0.838. The first-order valence-electron chi connectivity index (χ1n) is 7.92. The highest BCUT2D eigenvalue weighted by molar-refractivity contribution is 8.08. The normalized spacial score (nSPS) is 18.3. The van der Waals surface area contributed by atoms with Crippen molar-refractivity contribution >= 4 is 28.3 Å². The van der Waals surface area contributed by atoms with E-state index in [-0.39, 0.29) is 11.1 Å². The van der Waals surface area contributed by atoms with Crippen molar-refractivity contribution in [3.63, 3.8) is 0 Å². The molecule has 3 heterocycles. The topological polar surface area (TPSA) is 74.7 Å². The Labute approximate surface area is 158 Å². The molecular weight excluding hydrogens is 375 g/mol. The fraction of sp³-hybridized carbons (Fsp3) is 0.167. The number of thioether (sulfide) groups is 1. The van der Waals surface area contributed by atoms with Crippen LogP contribution in [0.1, 0.15) is 34.7 Å². The second kappa shape index (κ2) is 7.19. The van der Waals surface area contributed by atoms with Crippen LogP contribution in [0.2, 0.25) is 5.02 Å². The standard InChI is InChI=1S/C18H14ClFN4OS/c19-11-3-1-10(2-4-11)16(25)13-7-15(12-5-6-21-8-14(12)20)26-17(13)18-22-9-23-24-18/h1-6,8-9,15-16,25H,7H2,(H,22,23,24). The molecule has 0 saturated carbocycles. The lowest BCUT2D eigenvalue weighted by Crippen LogP contribution is -2.03. The number of benzene rings is 1. The van der Waals surface area contributed by atoms with E-state index >= 15 is 0 Å². The summed E-state index contributed by atoms with van der Waals surface area (Å²) in [6.07, 6.45) is 3.91. The molecule has 1 aliphatic heterocycles. The van der Waals surface area contributed by atoms with E-state index in [0.29, 0.717) is 22.8 Å². The van der Waals surface area contributed by atoms with Crippen LogP contribution in [0.25, 0.3) is 4.91 Å². The molecule has 2 atom stereocenters. The number of hydrogen-bond acceptors (Lipinski definition) is 5. The molecule has 26 heavy (non-hydrogen) atoms. The quantitative estimate of drug-likeness (QED) is 0.696. The van der Waals surface area contributed by atoms with Gasteiger partial charge in [0.25, 0.3) is 0 Å². The van der Waals surface area contributed by atoms with Crippen LogP contribution in [0.5, 0.6) is 0 Å². The Hall–Kier alpha value is -2.22. The predicted octanol–water partition coefficient (Wildman–Crippen LogP) is 4.32. The molecule has 0 fully saturated rings. The van der Waals surface area contributed by atoms with Gasteiger partial charge in [-0.25, -0.2) is 4.39 Å². The smallest absolute Gasteiger partial charge is 0.167 e. The zero-order chi connectivity index (χ0) is 18.1. The molecule has 0 saturated heterocycles. The summed E-state index contributed by atoms with van der Waals surface area (Å²) in [6.45, 7) is 0. The van der Waals surface area contributed by atoms with Crippen molar-refractivity contribution in [3.8, 4) is 0 Å². The second-order valence-electron chi connectivity index (χ2n) is 5.85. The maximum atomic E-state index is 14.2. The number of aliphatic hydroxyl groups is 1. The number of nitrogens with one attached hydrogen (secondary N) is 1. The first kappa shape index (κ1) is 17.2. The van der Waals surface area contributed by atoms with Crippen molar-refractivity contribution in [1.82, 2.24) is 20.2 Å². The minimum Gasteiger partial charge on any atom is -0.384 e. The second-order valence-corrected chi connectivity index (χ2v) is 7.50. The molecule has 2 aromatic heterocycles. The van der Waals surface area contributed by atoms with E-state index in [9.17, 15) is 9.50 Å². The monoisotopic (exact) mass is 388 g/mol. The highest BCUT2D eigenvalue weighted by Gasteiger charge is 2.34. The van der Waals surface area contributed by atoms with E-state index in [1.807, 2.05) is 0 Å². The summed E-state index contributed by atoms with van der Waals surface area (Å²) in [5.41, 5.74) is 2.05. The van der Waals surface area contributed by atoms with Crippen molar-refractivity contribution in [2.75, 3.05) is 0 Å². The van der Waals surface area contributed by atoms with Gasteiger partial charge in [-0.2, -0.15) is 0 Å². The van der Waals surface area contributed by atoms with Gasteiger partial charge < -0.3 is 10.1 Å². The van der Waals surface area contributed by atoms with Crippen molar-refractivity contribution in [3.05, 3.63) is 82.4 Å². The predicted molar refractivity (Wildman–Crippen MR) is 98.9 cm³/mol. The summed E-state index contributed by atoms with van der Waals surface area (Å²) in [4.78, 5) is 7.56. The Morgan fingerprint density at radius 2 is 2.08 bits per heavy atom. The summed E-state index contributed by atoms with van der Waals surface area (Å²) in [5.74, 6) is 0.208. The number of rotatable bonds is 4. The van der Waals surface area contributed by atoms with E-state index in [4.69, 9.17) is 11.6 Å². The summed E-state index contributed by atoms with van der Waals surface area (Å²) in [6, 6.07) is 8.70. The highest BCUT2D eigenvalue weighted by Crippen LogP contribution is 2.54. The van der Waals surface area contributed by atoms with Gasteiger partial charge in [0.05, 0.1) is 11.1 Å². The SMILES string of the molecule is OC(C1=C(c2nnc[nH]2)SC(c2ccncc2F)C1)c1ccc(Cl)cc1. The summed E-state index contributed by atoms with van der Waals surface area (Å²) >= 11 is 7.40. The lowest BCUT2D eigenvalue weighted by Gasteiger charge is -2.15. The maximum Gasteiger partial charge on any atom is 0.167 e. The maximum absolute atomic E-state index is 14.2. The lowest BCUT2D eigenvalue weighted by molar-refractivity contribution is 0.212.